The second-order valence-corrected chi connectivity index (χ2v) is 4.92. The molecule has 0 aliphatic heterocycles. The summed E-state index contributed by atoms with van der Waals surface area (Å²) >= 11 is 9.40. The van der Waals surface area contributed by atoms with Crippen LogP contribution in [0.4, 0.5) is 0 Å². The van der Waals surface area contributed by atoms with E-state index in [4.69, 9.17) is 26.3 Å². The molecule has 0 aliphatic rings. The molecule has 0 bridgehead atoms. The summed E-state index contributed by atoms with van der Waals surface area (Å²) in [4.78, 5) is 24.6. The molecule has 0 radical (unpaired) electrons. The molecule has 0 aromatic rings. The number of alkyl halides is 1. The molecule has 0 aromatic carbocycles. The quantitative estimate of drug-likeness (QED) is 0.431. The normalized spacial score (nSPS) is 17.4. The average Bonchev–Trinajstić information content (AvgIpc) is 1.25. The molecule has 4 nitrogen and oxygen atoms in total. The summed E-state index contributed by atoms with van der Waals surface area (Å²) in [5.74, 6) is 0. The zero-order valence-electron chi connectivity index (χ0n) is 3.66. The predicted molar refractivity (Wildman–Crippen MR) is 31.2 cm³/mol. The summed E-state index contributed by atoms with van der Waals surface area (Å²) in [6, 6.07) is -0.565. The minimum atomic E-state index is -5.26. The fourth-order valence-corrected chi connectivity index (χ4v) is 1.09. The zero-order valence-corrected chi connectivity index (χ0v) is 6.07. The van der Waals surface area contributed by atoms with Crippen molar-refractivity contribution in [3.63, 3.8) is 0 Å². The van der Waals surface area contributed by atoms with Crippen LogP contribution in [-0.4, -0.2) is 20.7 Å². The molecule has 0 fully saturated rings. The molecule has 0 rings (SSSR count). The molecular weight excluding hydrogens is 178 g/mol. The van der Waals surface area contributed by atoms with Gasteiger partial charge in [-0.15, -0.1) is 0 Å². The van der Waals surface area contributed by atoms with Crippen LogP contribution in [0.2, 0.25) is 0 Å². The summed E-state index contributed by atoms with van der Waals surface area (Å²) in [7, 11) is 0. The van der Waals surface area contributed by atoms with E-state index in [1.807, 2.05) is 0 Å². The molecule has 0 atom stereocenters. The van der Waals surface area contributed by atoms with Crippen LogP contribution in [0.1, 0.15) is 0 Å². The standard InChI is InChI=1S/CH5Cl2O4P/c2-1-7-8(3,4,5)6/h4-6H,1H2. The third kappa shape index (κ3) is 6.85. The van der Waals surface area contributed by atoms with Crippen molar-refractivity contribution in [1.82, 2.24) is 0 Å². The van der Waals surface area contributed by atoms with Crippen LogP contribution in [0, 0.1) is 0 Å². The van der Waals surface area contributed by atoms with Gasteiger partial charge in [-0.3, -0.25) is 0 Å². The Hall–Kier alpha value is 0.850. The van der Waals surface area contributed by atoms with Gasteiger partial charge in [-0.2, -0.15) is 0 Å². The Kier molecular flexibility index (Phi) is 2.47. The molecule has 7 heteroatoms. The Morgan fingerprint density at radius 2 is 1.75 bits per heavy atom. The number of hydrogen-bond donors (Lipinski definition) is 3. The number of halogens is 2. The van der Waals surface area contributed by atoms with E-state index in [1.54, 1.807) is 0 Å². The van der Waals surface area contributed by atoms with Crippen LogP contribution in [0.15, 0.2) is 0 Å². The Morgan fingerprint density at radius 3 is 1.75 bits per heavy atom. The maximum absolute atomic E-state index is 8.18. The van der Waals surface area contributed by atoms with Crippen molar-refractivity contribution in [1.29, 1.82) is 0 Å². The Bertz CT molecular complexity index is 76.5. The Labute approximate surface area is 55.7 Å². The second kappa shape index (κ2) is 2.23. The molecule has 52 valence electrons. The maximum atomic E-state index is 8.18. The van der Waals surface area contributed by atoms with Gasteiger partial charge in [-0.05, 0) is 0 Å². The molecule has 3 N–H and O–H groups in total. The van der Waals surface area contributed by atoms with Gasteiger partial charge in [-0.25, -0.2) is 0 Å². The average molecular weight is 183 g/mol. The Balaban J connectivity index is 3.73. The first kappa shape index (κ1) is 8.85. The molecule has 0 heterocycles. The van der Waals surface area contributed by atoms with Crippen LogP contribution < -0.4 is 0 Å². The molecule has 0 spiro atoms. The Morgan fingerprint density at radius 1 is 1.38 bits per heavy atom. The second-order valence-electron chi connectivity index (χ2n) is 1.05. The zero-order chi connectivity index (χ0) is 6.86. The van der Waals surface area contributed by atoms with Gasteiger partial charge in [0, 0.05) is 0 Å². The van der Waals surface area contributed by atoms with Crippen molar-refractivity contribution in [2.24, 2.45) is 0 Å². The van der Waals surface area contributed by atoms with E-state index in [9.17, 15) is 0 Å². The molecule has 0 amide bonds. The molecule has 0 unspecified atom stereocenters. The van der Waals surface area contributed by atoms with E-state index in [0.717, 1.165) is 0 Å². The summed E-state index contributed by atoms with van der Waals surface area (Å²) in [5.41, 5.74) is 0. The first-order valence-corrected chi connectivity index (χ1v) is 4.96. The van der Waals surface area contributed by atoms with Gasteiger partial charge in [0.15, 0.2) is 0 Å². The number of rotatable bonds is 2. The van der Waals surface area contributed by atoms with Gasteiger partial charge in [0.1, 0.15) is 0 Å². The van der Waals surface area contributed by atoms with Gasteiger partial charge in [0.2, 0.25) is 0 Å². The molecule has 0 aliphatic carbocycles. The predicted octanol–water partition coefficient (Wildman–Crippen LogP) is 0.543. The molecule has 8 heavy (non-hydrogen) atoms. The third-order valence-electron chi connectivity index (χ3n) is 0.271. The SMILES string of the molecule is OP(O)(O)(Cl)OCCl. The van der Waals surface area contributed by atoms with Crippen LogP contribution in [0.3, 0.4) is 0 Å². The van der Waals surface area contributed by atoms with E-state index in [0.29, 0.717) is 0 Å². The van der Waals surface area contributed by atoms with Gasteiger partial charge in [0.25, 0.3) is 0 Å². The minimum absolute atomic E-state index is 0.565. The van der Waals surface area contributed by atoms with Crippen molar-refractivity contribution >= 4 is 29.7 Å². The summed E-state index contributed by atoms with van der Waals surface area (Å²) in [6.45, 7) is -5.26. The van der Waals surface area contributed by atoms with Crippen LogP contribution in [0.25, 0.3) is 0 Å². The van der Waals surface area contributed by atoms with E-state index >= 15 is 0 Å². The summed E-state index contributed by atoms with van der Waals surface area (Å²) < 4.78 is 3.74. The summed E-state index contributed by atoms with van der Waals surface area (Å²) in [6.07, 6.45) is 0. The number of hydrogen-bond acceptors (Lipinski definition) is 4. The third-order valence-corrected chi connectivity index (χ3v) is 1.40. The van der Waals surface area contributed by atoms with Crippen LogP contribution >= 0.6 is 29.7 Å². The molecule has 0 saturated carbocycles. The van der Waals surface area contributed by atoms with Gasteiger partial charge >= 0.3 is 55.0 Å². The monoisotopic (exact) mass is 182 g/mol. The van der Waals surface area contributed by atoms with Crippen molar-refractivity contribution in [2.75, 3.05) is 6.07 Å². The molecule has 0 saturated heterocycles. The van der Waals surface area contributed by atoms with Crippen molar-refractivity contribution in [2.45, 2.75) is 0 Å². The van der Waals surface area contributed by atoms with Crippen molar-refractivity contribution in [3.8, 4) is 0 Å². The van der Waals surface area contributed by atoms with Gasteiger partial charge in [-0.1, -0.05) is 0 Å². The van der Waals surface area contributed by atoms with Crippen molar-refractivity contribution in [3.05, 3.63) is 0 Å². The van der Waals surface area contributed by atoms with Gasteiger partial charge < -0.3 is 0 Å². The van der Waals surface area contributed by atoms with E-state index in [1.165, 1.54) is 0 Å². The fraction of sp³-hybridized carbons (Fsp3) is 1.00. The molecular formula is CH5Cl2O4P. The summed E-state index contributed by atoms with van der Waals surface area (Å²) in [5, 5.41) is 0. The fourth-order valence-electron chi connectivity index (χ4n) is 0.0839. The first-order chi connectivity index (χ1) is 3.31. The van der Waals surface area contributed by atoms with Crippen molar-refractivity contribution < 1.29 is 19.2 Å². The van der Waals surface area contributed by atoms with E-state index < -0.39 is 12.9 Å². The molecule has 0 aromatic heterocycles. The van der Waals surface area contributed by atoms with E-state index in [-0.39, 0.29) is 0 Å². The van der Waals surface area contributed by atoms with Crippen LogP contribution in [-0.2, 0) is 4.52 Å². The van der Waals surface area contributed by atoms with Crippen LogP contribution in [0.5, 0.6) is 0 Å². The topological polar surface area (TPSA) is 69.9 Å². The van der Waals surface area contributed by atoms with Gasteiger partial charge in [0.05, 0.1) is 0 Å². The first-order valence-electron chi connectivity index (χ1n) is 1.51. The van der Waals surface area contributed by atoms with E-state index in [2.05, 4.69) is 15.8 Å².